The van der Waals surface area contributed by atoms with Gasteiger partial charge in [0.05, 0.1) is 0 Å². The number of anilines is 2. The molecule has 0 unspecified atom stereocenters. The van der Waals surface area contributed by atoms with Crippen LogP contribution >= 0.6 is 0 Å². The molecule has 2 aromatic carbocycles. The molecule has 2 aromatic rings. The summed E-state index contributed by atoms with van der Waals surface area (Å²) in [4.78, 5) is 35.1. The van der Waals surface area contributed by atoms with Crippen LogP contribution in [0.5, 0.6) is 0 Å². The quantitative estimate of drug-likeness (QED) is 0.724. The first kappa shape index (κ1) is 18.9. The maximum atomic E-state index is 12.6. The Hall–Kier alpha value is -3.41. The van der Waals surface area contributed by atoms with Crippen LogP contribution in [-0.4, -0.2) is 17.7 Å². The van der Waals surface area contributed by atoms with Crippen molar-refractivity contribution in [3.63, 3.8) is 0 Å². The summed E-state index contributed by atoms with van der Waals surface area (Å²) in [6.07, 6.45) is 1.64. The number of hydrogen-bond donors (Lipinski definition) is 3. The summed E-state index contributed by atoms with van der Waals surface area (Å²) in [5, 5.41) is 7.95. The highest BCUT2D eigenvalue weighted by Gasteiger charge is 2.12. The van der Waals surface area contributed by atoms with Crippen LogP contribution in [0.25, 0.3) is 6.08 Å². The summed E-state index contributed by atoms with van der Waals surface area (Å²) in [6, 6.07) is 14.3. The lowest BCUT2D eigenvalue weighted by molar-refractivity contribution is -0.120. The molecule has 0 radical (unpaired) electrons. The minimum Gasteiger partial charge on any atom is -0.326 e. The molecule has 134 valence electrons. The smallest absolute Gasteiger partial charge is 0.272 e. The van der Waals surface area contributed by atoms with Gasteiger partial charge in [-0.25, -0.2) is 0 Å². The third-order valence-corrected chi connectivity index (χ3v) is 3.51. The van der Waals surface area contributed by atoms with Crippen LogP contribution in [0, 0.1) is 6.92 Å². The van der Waals surface area contributed by atoms with Crippen LogP contribution in [0.2, 0.25) is 0 Å². The Morgan fingerprint density at radius 3 is 1.92 bits per heavy atom. The summed E-state index contributed by atoms with van der Waals surface area (Å²) in [7, 11) is 0. The van der Waals surface area contributed by atoms with Crippen molar-refractivity contribution < 1.29 is 14.4 Å². The molecule has 3 N–H and O–H groups in total. The number of rotatable bonds is 5. The molecule has 0 heterocycles. The molecule has 0 aliphatic carbocycles. The lowest BCUT2D eigenvalue weighted by atomic mass is 10.1. The van der Waals surface area contributed by atoms with E-state index in [0.717, 1.165) is 11.1 Å². The minimum atomic E-state index is -0.435. The molecule has 0 aromatic heterocycles. The van der Waals surface area contributed by atoms with E-state index in [1.54, 1.807) is 30.3 Å². The van der Waals surface area contributed by atoms with Crippen LogP contribution in [-0.2, 0) is 14.4 Å². The Labute approximate surface area is 152 Å². The van der Waals surface area contributed by atoms with Gasteiger partial charge in [-0.2, -0.15) is 0 Å². The molecule has 0 aliphatic heterocycles. The minimum absolute atomic E-state index is 0.151. The molecule has 26 heavy (non-hydrogen) atoms. The number of hydrogen-bond acceptors (Lipinski definition) is 3. The van der Waals surface area contributed by atoms with Gasteiger partial charge in [0.25, 0.3) is 5.91 Å². The molecule has 0 atom stereocenters. The van der Waals surface area contributed by atoms with E-state index in [1.807, 2.05) is 31.2 Å². The number of carbonyl (C=O) groups excluding carboxylic acids is 3. The summed E-state index contributed by atoms with van der Waals surface area (Å²) in [5.74, 6) is -0.937. The SMILES string of the molecule is CC(=O)N/C(=C\c1ccccc1C)C(=O)Nc1ccc(NC(C)=O)cc1. The first-order chi connectivity index (χ1) is 12.3. The van der Waals surface area contributed by atoms with E-state index < -0.39 is 5.91 Å². The first-order valence-electron chi connectivity index (χ1n) is 8.09. The normalized spacial score (nSPS) is 10.8. The molecule has 0 saturated carbocycles. The van der Waals surface area contributed by atoms with Gasteiger partial charge in [-0.1, -0.05) is 24.3 Å². The standard InChI is InChI=1S/C20H21N3O3/c1-13-6-4-5-7-16(13)12-19(22-15(3)25)20(26)23-18-10-8-17(9-11-18)21-14(2)24/h4-12H,1-3H3,(H,21,24)(H,22,25)(H,23,26)/b19-12-. The number of nitrogens with one attached hydrogen (secondary N) is 3. The number of amides is 3. The highest BCUT2D eigenvalue weighted by atomic mass is 16.2. The van der Waals surface area contributed by atoms with Gasteiger partial charge in [0.1, 0.15) is 5.70 Å². The Morgan fingerprint density at radius 1 is 0.808 bits per heavy atom. The molecule has 3 amide bonds. The fraction of sp³-hybridized carbons (Fsp3) is 0.150. The molecule has 0 saturated heterocycles. The molecule has 0 spiro atoms. The number of benzene rings is 2. The predicted octanol–water partition coefficient (Wildman–Crippen LogP) is 3.07. The summed E-state index contributed by atoms with van der Waals surface area (Å²) in [6.45, 7) is 4.70. The fourth-order valence-electron chi connectivity index (χ4n) is 2.29. The molecule has 2 rings (SSSR count). The Balaban J connectivity index is 2.20. The van der Waals surface area contributed by atoms with E-state index in [1.165, 1.54) is 13.8 Å². The number of carbonyl (C=O) groups is 3. The van der Waals surface area contributed by atoms with Gasteiger partial charge >= 0.3 is 0 Å². The van der Waals surface area contributed by atoms with Gasteiger partial charge in [0.15, 0.2) is 0 Å². The second-order valence-corrected chi connectivity index (χ2v) is 5.81. The highest BCUT2D eigenvalue weighted by molar-refractivity contribution is 6.08. The van der Waals surface area contributed by atoms with Gasteiger partial charge in [-0.05, 0) is 48.4 Å². The lowest BCUT2D eigenvalue weighted by Crippen LogP contribution is -2.29. The van der Waals surface area contributed by atoms with E-state index in [2.05, 4.69) is 16.0 Å². The monoisotopic (exact) mass is 351 g/mol. The van der Waals surface area contributed by atoms with Crippen LogP contribution in [0.15, 0.2) is 54.2 Å². The van der Waals surface area contributed by atoms with Gasteiger partial charge in [0, 0.05) is 25.2 Å². The average Bonchev–Trinajstić information content (AvgIpc) is 2.57. The molecule has 6 nitrogen and oxygen atoms in total. The first-order valence-corrected chi connectivity index (χ1v) is 8.09. The van der Waals surface area contributed by atoms with Gasteiger partial charge in [-0.3, -0.25) is 14.4 Å². The molecule has 0 bridgehead atoms. The van der Waals surface area contributed by atoms with Crippen LogP contribution < -0.4 is 16.0 Å². The average molecular weight is 351 g/mol. The van der Waals surface area contributed by atoms with Gasteiger partial charge in [0.2, 0.25) is 11.8 Å². The second-order valence-electron chi connectivity index (χ2n) is 5.81. The van der Waals surface area contributed by atoms with Gasteiger partial charge < -0.3 is 16.0 Å². The summed E-state index contributed by atoms with van der Waals surface area (Å²) < 4.78 is 0. The third-order valence-electron chi connectivity index (χ3n) is 3.51. The van der Waals surface area contributed by atoms with Crippen LogP contribution in [0.1, 0.15) is 25.0 Å². The van der Waals surface area contributed by atoms with Crippen molar-refractivity contribution in [2.45, 2.75) is 20.8 Å². The topological polar surface area (TPSA) is 87.3 Å². The maximum Gasteiger partial charge on any atom is 0.272 e. The van der Waals surface area contributed by atoms with Gasteiger partial charge in [-0.15, -0.1) is 0 Å². The summed E-state index contributed by atoms with van der Waals surface area (Å²) in [5.41, 5.74) is 3.16. The van der Waals surface area contributed by atoms with Crippen molar-refractivity contribution in [1.82, 2.24) is 5.32 Å². The zero-order valence-corrected chi connectivity index (χ0v) is 14.9. The van der Waals surface area contributed by atoms with Crippen molar-refractivity contribution >= 4 is 35.2 Å². The third kappa shape index (κ3) is 5.59. The predicted molar refractivity (Wildman–Crippen MR) is 102 cm³/mol. The van der Waals surface area contributed by atoms with E-state index in [0.29, 0.717) is 11.4 Å². The van der Waals surface area contributed by atoms with Crippen molar-refractivity contribution in [2.75, 3.05) is 10.6 Å². The number of aryl methyl sites for hydroxylation is 1. The lowest BCUT2D eigenvalue weighted by Gasteiger charge is -2.11. The molecule has 6 heteroatoms. The Bertz CT molecular complexity index is 855. The van der Waals surface area contributed by atoms with E-state index >= 15 is 0 Å². The Morgan fingerprint density at radius 2 is 1.38 bits per heavy atom. The Kier molecular flexibility index (Phi) is 6.27. The van der Waals surface area contributed by atoms with Crippen molar-refractivity contribution in [3.05, 3.63) is 65.4 Å². The fourth-order valence-corrected chi connectivity index (χ4v) is 2.29. The maximum absolute atomic E-state index is 12.6. The summed E-state index contributed by atoms with van der Waals surface area (Å²) >= 11 is 0. The van der Waals surface area contributed by atoms with E-state index in [-0.39, 0.29) is 17.5 Å². The molecule has 0 aliphatic rings. The van der Waals surface area contributed by atoms with Crippen molar-refractivity contribution in [2.24, 2.45) is 0 Å². The molecular formula is C20H21N3O3. The van der Waals surface area contributed by atoms with E-state index in [4.69, 9.17) is 0 Å². The second kappa shape index (κ2) is 8.62. The van der Waals surface area contributed by atoms with Crippen molar-refractivity contribution in [3.8, 4) is 0 Å². The molecule has 0 fully saturated rings. The molecular weight excluding hydrogens is 330 g/mol. The zero-order chi connectivity index (χ0) is 19.1. The van der Waals surface area contributed by atoms with Crippen molar-refractivity contribution in [1.29, 1.82) is 0 Å². The van der Waals surface area contributed by atoms with E-state index in [9.17, 15) is 14.4 Å². The highest BCUT2D eigenvalue weighted by Crippen LogP contribution is 2.16. The van der Waals surface area contributed by atoms with Crippen LogP contribution in [0.3, 0.4) is 0 Å². The zero-order valence-electron chi connectivity index (χ0n) is 14.9. The van der Waals surface area contributed by atoms with Crippen LogP contribution in [0.4, 0.5) is 11.4 Å². The largest absolute Gasteiger partial charge is 0.326 e.